The molecule has 0 saturated heterocycles. The van der Waals surface area contributed by atoms with Gasteiger partial charge in [0.05, 0.1) is 6.54 Å². The van der Waals surface area contributed by atoms with Crippen LogP contribution in [0.15, 0.2) is 0 Å². The van der Waals surface area contributed by atoms with Crippen molar-refractivity contribution in [2.75, 3.05) is 19.6 Å². The van der Waals surface area contributed by atoms with Crippen molar-refractivity contribution in [3.63, 3.8) is 0 Å². The summed E-state index contributed by atoms with van der Waals surface area (Å²) in [6.45, 7) is 4.40. The third-order valence-electron chi connectivity index (χ3n) is 2.55. The van der Waals surface area contributed by atoms with E-state index >= 15 is 0 Å². The summed E-state index contributed by atoms with van der Waals surface area (Å²) in [5, 5.41) is 2.43. The van der Waals surface area contributed by atoms with Crippen molar-refractivity contribution in [3.8, 4) is 0 Å². The van der Waals surface area contributed by atoms with Crippen LogP contribution in [0.1, 0.15) is 26.7 Å². The van der Waals surface area contributed by atoms with Gasteiger partial charge in [0.1, 0.15) is 0 Å². The van der Waals surface area contributed by atoms with E-state index in [1.54, 1.807) is 0 Å². The summed E-state index contributed by atoms with van der Waals surface area (Å²) in [7, 11) is 0. The molecule has 1 aliphatic rings. The van der Waals surface area contributed by atoms with Crippen LogP contribution in [0.5, 0.6) is 0 Å². The number of nitrogens with one attached hydrogen (secondary N) is 1. The summed E-state index contributed by atoms with van der Waals surface area (Å²) >= 11 is 0. The highest BCUT2D eigenvalue weighted by molar-refractivity contribution is 4.86. The molecule has 1 aliphatic carbocycles. The zero-order valence-electron chi connectivity index (χ0n) is 9.27. The van der Waals surface area contributed by atoms with Crippen LogP contribution in [-0.4, -0.2) is 42.8 Å². The lowest BCUT2D eigenvalue weighted by molar-refractivity contribution is -0.124. The van der Waals surface area contributed by atoms with Crippen molar-refractivity contribution in [1.29, 1.82) is 0 Å². The summed E-state index contributed by atoms with van der Waals surface area (Å²) in [5.41, 5.74) is 0. The van der Waals surface area contributed by atoms with E-state index in [1.165, 1.54) is 12.8 Å². The quantitative estimate of drug-likeness (QED) is 0.694. The average Bonchev–Trinajstić information content (AvgIpc) is 2.84. The molecule has 0 aromatic carbocycles. The van der Waals surface area contributed by atoms with Crippen LogP contribution in [0.3, 0.4) is 0 Å². The number of alkyl halides is 3. The molecule has 0 unspecified atom stereocenters. The zero-order valence-corrected chi connectivity index (χ0v) is 9.27. The van der Waals surface area contributed by atoms with Gasteiger partial charge in [-0.25, -0.2) is 0 Å². The highest BCUT2D eigenvalue weighted by atomic mass is 19.4. The predicted molar refractivity (Wildman–Crippen MR) is 53.8 cm³/mol. The maximum absolute atomic E-state index is 11.8. The molecule has 0 heterocycles. The van der Waals surface area contributed by atoms with Crippen LogP contribution >= 0.6 is 0 Å². The van der Waals surface area contributed by atoms with Gasteiger partial charge in [0.15, 0.2) is 0 Å². The Hall–Kier alpha value is -0.290. The second-order valence-corrected chi connectivity index (χ2v) is 4.35. The van der Waals surface area contributed by atoms with E-state index in [0.29, 0.717) is 25.2 Å². The lowest BCUT2D eigenvalue weighted by atomic mass is 10.3. The van der Waals surface area contributed by atoms with E-state index in [4.69, 9.17) is 0 Å². The largest absolute Gasteiger partial charge is 0.401 e. The van der Waals surface area contributed by atoms with Crippen molar-refractivity contribution < 1.29 is 13.2 Å². The summed E-state index contributed by atoms with van der Waals surface area (Å²) in [4.78, 5) is 2.27. The van der Waals surface area contributed by atoms with Crippen LogP contribution in [0.2, 0.25) is 0 Å². The summed E-state index contributed by atoms with van der Waals surface area (Å²) in [6, 6.07) is 1.03. The minimum absolute atomic E-state index is 0.411. The molecule has 90 valence electrons. The zero-order chi connectivity index (χ0) is 11.5. The van der Waals surface area contributed by atoms with Crippen LogP contribution in [0, 0.1) is 0 Å². The molecule has 1 N–H and O–H groups in total. The van der Waals surface area contributed by atoms with E-state index in [1.807, 2.05) is 0 Å². The van der Waals surface area contributed by atoms with Crippen molar-refractivity contribution in [1.82, 2.24) is 10.2 Å². The molecule has 15 heavy (non-hydrogen) atoms. The third kappa shape index (κ3) is 5.37. The molecule has 2 nitrogen and oxygen atoms in total. The first-order valence-electron chi connectivity index (χ1n) is 5.43. The van der Waals surface area contributed by atoms with Gasteiger partial charge in [-0.1, -0.05) is 0 Å². The molecule has 0 atom stereocenters. The van der Waals surface area contributed by atoms with E-state index in [0.717, 1.165) is 0 Å². The van der Waals surface area contributed by atoms with Crippen LogP contribution < -0.4 is 5.32 Å². The van der Waals surface area contributed by atoms with E-state index in [9.17, 15) is 13.2 Å². The first kappa shape index (κ1) is 12.8. The molecule has 0 aliphatic heterocycles. The van der Waals surface area contributed by atoms with Gasteiger partial charge < -0.3 is 5.32 Å². The van der Waals surface area contributed by atoms with E-state index in [2.05, 4.69) is 24.1 Å². The molecule has 0 amide bonds. The van der Waals surface area contributed by atoms with Crippen LogP contribution in [-0.2, 0) is 0 Å². The predicted octanol–water partition coefficient (Wildman–Crippen LogP) is 2.01. The fourth-order valence-electron chi connectivity index (χ4n) is 1.71. The highest BCUT2D eigenvalue weighted by Crippen LogP contribution is 2.27. The molecule has 5 heteroatoms. The molecule has 0 aromatic heterocycles. The van der Waals surface area contributed by atoms with Gasteiger partial charge in [0.2, 0.25) is 0 Å². The van der Waals surface area contributed by atoms with Gasteiger partial charge in [-0.2, -0.15) is 13.2 Å². The van der Waals surface area contributed by atoms with E-state index < -0.39 is 12.7 Å². The first-order chi connectivity index (χ1) is 6.90. The van der Waals surface area contributed by atoms with Gasteiger partial charge in [0, 0.05) is 25.2 Å². The lowest BCUT2D eigenvalue weighted by Crippen LogP contribution is -2.40. The number of hydrogen-bond acceptors (Lipinski definition) is 2. The van der Waals surface area contributed by atoms with Crippen molar-refractivity contribution >= 4 is 0 Å². The van der Waals surface area contributed by atoms with E-state index in [-0.39, 0.29) is 0 Å². The molecule has 0 spiro atoms. The van der Waals surface area contributed by atoms with Gasteiger partial charge >= 0.3 is 6.18 Å². The minimum Gasteiger partial charge on any atom is -0.307 e. The normalized spacial score (nSPS) is 17.8. The maximum Gasteiger partial charge on any atom is 0.401 e. The molecular formula is C10H19F3N2. The molecule has 1 rings (SSSR count). The number of halogens is 3. The molecule has 1 saturated carbocycles. The topological polar surface area (TPSA) is 15.3 Å². The summed E-state index contributed by atoms with van der Waals surface area (Å²) in [5.74, 6) is 0. The van der Waals surface area contributed by atoms with Crippen LogP contribution in [0.4, 0.5) is 13.2 Å². The molecule has 0 aromatic rings. The average molecular weight is 224 g/mol. The van der Waals surface area contributed by atoms with Crippen molar-refractivity contribution in [2.45, 2.75) is 44.9 Å². The van der Waals surface area contributed by atoms with Crippen molar-refractivity contribution in [3.05, 3.63) is 0 Å². The fourth-order valence-corrected chi connectivity index (χ4v) is 1.71. The molecule has 0 bridgehead atoms. The maximum atomic E-state index is 11.8. The van der Waals surface area contributed by atoms with Gasteiger partial charge in [-0.15, -0.1) is 0 Å². The van der Waals surface area contributed by atoms with Crippen molar-refractivity contribution in [2.24, 2.45) is 0 Å². The Labute approximate surface area is 88.8 Å². The second kappa shape index (κ2) is 5.16. The number of nitrogens with zero attached hydrogens (tertiary/aromatic N) is 1. The Bertz CT molecular complexity index is 186. The fraction of sp³-hybridized carbons (Fsp3) is 1.00. The number of rotatable bonds is 6. The van der Waals surface area contributed by atoms with Gasteiger partial charge in [0.25, 0.3) is 0 Å². The van der Waals surface area contributed by atoms with Gasteiger partial charge in [-0.05, 0) is 26.7 Å². The first-order valence-corrected chi connectivity index (χ1v) is 5.43. The molecule has 0 radical (unpaired) electrons. The smallest absolute Gasteiger partial charge is 0.307 e. The third-order valence-corrected chi connectivity index (χ3v) is 2.55. The Morgan fingerprint density at radius 1 is 1.33 bits per heavy atom. The summed E-state index contributed by atoms with van der Waals surface area (Å²) < 4.78 is 35.5. The molecular weight excluding hydrogens is 205 g/mol. The summed E-state index contributed by atoms with van der Waals surface area (Å²) in [6.07, 6.45) is -1.71. The van der Waals surface area contributed by atoms with Crippen LogP contribution in [0.25, 0.3) is 0 Å². The monoisotopic (exact) mass is 224 g/mol. The highest BCUT2D eigenvalue weighted by Gasteiger charge is 2.30. The Morgan fingerprint density at radius 2 is 1.93 bits per heavy atom. The Morgan fingerprint density at radius 3 is 2.33 bits per heavy atom. The lowest BCUT2D eigenvalue weighted by Gasteiger charge is -2.26. The SMILES string of the molecule is CC(C)N(CCNCC(F)(F)F)C1CC1. The Balaban J connectivity index is 2.12. The Kier molecular flexibility index (Phi) is 4.40. The second-order valence-electron chi connectivity index (χ2n) is 4.35. The number of hydrogen-bond donors (Lipinski definition) is 1. The van der Waals surface area contributed by atoms with Gasteiger partial charge in [-0.3, -0.25) is 4.90 Å². The molecule has 1 fully saturated rings. The standard InChI is InChI=1S/C10H19F3N2/c1-8(2)15(9-3-4-9)6-5-14-7-10(11,12)13/h8-9,14H,3-7H2,1-2H3. The minimum atomic E-state index is -4.09.